The number of benzene rings is 2. The summed E-state index contributed by atoms with van der Waals surface area (Å²) >= 11 is 0. The van der Waals surface area contributed by atoms with Gasteiger partial charge in [0.05, 0.1) is 34.9 Å². The Balaban J connectivity index is 0.00000190. The maximum absolute atomic E-state index is 12.2. The summed E-state index contributed by atoms with van der Waals surface area (Å²) in [5, 5.41) is 2.93. The lowest BCUT2D eigenvalue weighted by Gasteiger charge is -2.13. The molecule has 0 spiro atoms. The molecule has 28 heavy (non-hydrogen) atoms. The van der Waals surface area contributed by atoms with Crippen LogP contribution in [0.25, 0.3) is 0 Å². The summed E-state index contributed by atoms with van der Waals surface area (Å²) in [5.41, 5.74) is 1.84. The summed E-state index contributed by atoms with van der Waals surface area (Å²) in [6.45, 7) is 4.51. The van der Waals surface area contributed by atoms with Gasteiger partial charge in [-0.1, -0.05) is 32.0 Å². The number of methoxy groups -OCH3 is 4. The van der Waals surface area contributed by atoms with Gasteiger partial charge in [0.1, 0.15) is 0 Å². The Morgan fingerprint density at radius 1 is 0.857 bits per heavy atom. The summed E-state index contributed by atoms with van der Waals surface area (Å²) in [6, 6.07) is 11.2. The van der Waals surface area contributed by atoms with Gasteiger partial charge in [0.25, 0.3) is 0 Å². The molecule has 0 saturated carbocycles. The smallest absolute Gasteiger partial charge is 0.224 e. The van der Waals surface area contributed by atoms with Crippen molar-refractivity contribution in [3.05, 3.63) is 47.5 Å². The van der Waals surface area contributed by atoms with E-state index in [0.717, 1.165) is 11.1 Å². The average molecular weight is 389 g/mol. The fraction of sp³-hybridized carbons (Fsp3) is 0.409. The van der Waals surface area contributed by atoms with Crippen LogP contribution >= 0.6 is 0 Å². The Bertz CT molecular complexity index is 746. The first-order valence-corrected chi connectivity index (χ1v) is 9.30. The van der Waals surface area contributed by atoms with Gasteiger partial charge in [0, 0.05) is 6.54 Å². The third kappa shape index (κ3) is 6.37. The predicted octanol–water partition coefficient (Wildman–Crippen LogP) is 3.65. The van der Waals surface area contributed by atoms with Gasteiger partial charge < -0.3 is 24.3 Å². The molecule has 0 aliphatic rings. The number of carbonyl (C=O) groups is 1. The normalized spacial score (nSPS) is 9.64. The molecule has 2 aromatic rings. The van der Waals surface area contributed by atoms with E-state index in [2.05, 4.69) is 5.32 Å². The molecule has 0 bridgehead atoms. The highest BCUT2D eigenvalue weighted by Crippen LogP contribution is 2.31. The first-order chi connectivity index (χ1) is 13.6. The van der Waals surface area contributed by atoms with E-state index >= 15 is 0 Å². The van der Waals surface area contributed by atoms with Crippen LogP contribution in [-0.4, -0.2) is 40.9 Å². The average Bonchev–Trinajstić information content (AvgIpc) is 2.74. The van der Waals surface area contributed by atoms with Crippen LogP contribution in [0, 0.1) is 0 Å². The van der Waals surface area contributed by atoms with Crippen LogP contribution in [0.1, 0.15) is 25.0 Å². The fourth-order valence-corrected chi connectivity index (χ4v) is 2.73. The maximum Gasteiger partial charge on any atom is 0.224 e. The molecule has 2 rings (SSSR count). The van der Waals surface area contributed by atoms with E-state index in [9.17, 15) is 4.79 Å². The molecule has 0 aliphatic heterocycles. The standard InChI is InChI=1S/C20H25NO5.C2H6/c1-23-16-9-8-14(12-18(16)25-3)13-19(22)21-11-10-15-6-5-7-17(24-2)20(15)26-4;1-2/h5-9,12H,10-11,13H2,1-4H3,(H,21,22);1-2H3. The van der Waals surface area contributed by atoms with E-state index in [0.29, 0.717) is 36.0 Å². The molecule has 0 heterocycles. The number of rotatable bonds is 9. The van der Waals surface area contributed by atoms with Crippen molar-refractivity contribution in [3.8, 4) is 23.0 Å². The largest absolute Gasteiger partial charge is 0.493 e. The molecule has 0 saturated heterocycles. The third-order valence-corrected chi connectivity index (χ3v) is 4.01. The molecule has 0 aromatic heterocycles. The zero-order valence-electron chi connectivity index (χ0n) is 17.6. The number of hydrogen-bond acceptors (Lipinski definition) is 5. The molecule has 0 radical (unpaired) electrons. The number of para-hydroxylation sites is 1. The molecule has 0 aliphatic carbocycles. The molecule has 0 unspecified atom stereocenters. The molecular formula is C22H31NO5. The van der Waals surface area contributed by atoms with Gasteiger partial charge in [-0.15, -0.1) is 0 Å². The van der Waals surface area contributed by atoms with Gasteiger partial charge in [0.15, 0.2) is 23.0 Å². The minimum absolute atomic E-state index is 0.0564. The zero-order valence-corrected chi connectivity index (χ0v) is 17.6. The lowest BCUT2D eigenvalue weighted by atomic mass is 10.1. The first-order valence-electron chi connectivity index (χ1n) is 9.30. The van der Waals surface area contributed by atoms with E-state index < -0.39 is 0 Å². The van der Waals surface area contributed by atoms with Gasteiger partial charge in [-0.25, -0.2) is 0 Å². The second kappa shape index (κ2) is 12.5. The topological polar surface area (TPSA) is 66.0 Å². The molecule has 0 atom stereocenters. The molecular weight excluding hydrogens is 358 g/mol. The summed E-state index contributed by atoms with van der Waals surface area (Å²) < 4.78 is 21.2. The van der Waals surface area contributed by atoms with Crippen LogP contribution < -0.4 is 24.3 Å². The van der Waals surface area contributed by atoms with Crippen molar-refractivity contribution in [2.75, 3.05) is 35.0 Å². The van der Waals surface area contributed by atoms with Gasteiger partial charge in [0.2, 0.25) is 5.91 Å². The van der Waals surface area contributed by atoms with Gasteiger partial charge >= 0.3 is 0 Å². The lowest BCUT2D eigenvalue weighted by Crippen LogP contribution is -2.27. The van der Waals surface area contributed by atoms with Gasteiger partial charge in [-0.05, 0) is 35.7 Å². The van der Waals surface area contributed by atoms with E-state index in [1.54, 1.807) is 34.5 Å². The van der Waals surface area contributed by atoms with Crippen molar-refractivity contribution < 1.29 is 23.7 Å². The van der Waals surface area contributed by atoms with Crippen molar-refractivity contribution in [3.63, 3.8) is 0 Å². The Labute approximate surface area is 167 Å². The minimum atomic E-state index is -0.0564. The highest BCUT2D eigenvalue weighted by molar-refractivity contribution is 5.78. The molecule has 1 N–H and O–H groups in total. The van der Waals surface area contributed by atoms with E-state index in [1.165, 1.54) is 0 Å². The monoisotopic (exact) mass is 389 g/mol. The molecule has 154 valence electrons. The van der Waals surface area contributed by atoms with Crippen LogP contribution in [0.5, 0.6) is 23.0 Å². The number of ether oxygens (including phenoxy) is 4. The quantitative estimate of drug-likeness (QED) is 0.709. The molecule has 1 amide bonds. The fourth-order valence-electron chi connectivity index (χ4n) is 2.73. The Kier molecular flexibility index (Phi) is 10.3. The summed E-state index contributed by atoms with van der Waals surface area (Å²) in [6.07, 6.45) is 0.924. The summed E-state index contributed by atoms with van der Waals surface area (Å²) in [7, 11) is 6.36. The van der Waals surface area contributed by atoms with Gasteiger partial charge in [-0.2, -0.15) is 0 Å². The number of hydrogen-bond donors (Lipinski definition) is 1. The Morgan fingerprint density at radius 2 is 1.54 bits per heavy atom. The lowest BCUT2D eigenvalue weighted by molar-refractivity contribution is -0.120. The van der Waals surface area contributed by atoms with E-state index in [4.69, 9.17) is 18.9 Å². The van der Waals surface area contributed by atoms with E-state index in [-0.39, 0.29) is 12.3 Å². The van der Waals surface area contributed by atoms with Crippen molar-refractivity contribution in [1.29, 1.82) is 0 Å². The SMILES string of the molecule is CC.COc1ccc(CC(=O)NCCc2cccc(OC)c2OC)cc1OC. The zero-order chi connectivity index (χ0) is 20.9. The van der Waals surface area contributed by atoms with Crippen LogP contribution in [0.3, 0.4) is 0 Å². The van der Waals surface area contributed by atoms with Crippen molar-refractivity contribution >= 4 is 5.91 Å². The second-order valence-electron chi connectivity index (χ2n) is 5.62. The maximum atomic E-state index is 12.2. The highest BCUT2D eigenvalue weighted by Gasteiger charge is 2.11. The summed E-state index contributed by atoms with van der Waals surface area (Å²) in [4.78, 5) is 12.2. The Morgan fingerprint density at radius 3 is 2.14 bits per heavy atom. The summed E-state index contributed by atoms with van der Waals surface area (Å²) in [5.74, 6) is 2.57. The van der Waals surface area contributed by atoms with Crippen LogP contribution in [0.4, 0.5) is 0 Å². The minimum Gasteiger partial charge on any atom is -0.493 e. The van der Waals surface area contributed by atoms with Gasteiger partial charge in [-0.3, -0.25) is 4.79 Å². The van der Waals surface area contributed by atoms with Crippen molar-refractivity contribution in [2.45, 2.75) is 26.7 Å². The molecule has 0 fully saturated rings. The highest BCUT2D eigenvalue weighted by atomic mass is 16.5. The van der Waals surface area contributed by atoms with E-state index in [1.807, 2.05) is 44.2 Å². The number of amides is 1. The predicted molar refractivity (Wildman–Crippen MR) is 111 cm³/mol. The van der Waals surface area contributed by atoms with Crippen molar-refractivity contribution in [2.24, 2.45) is 0 Å². The van der Waals surface area contributed by atoms with Crippen LogP contribution in [0.15, 0.2) is 36.4 Å². The number of carbonyl (C=O) groups excluding carboxylic acids is 1. The van der Waals surface area contributed by atoms with Crippen molar-refractivity contribution in [1.82, 2.24) is 5.32 Å². The molecule has 6 nitrogen and oxygen atoms in total. The third-order valence-electron chi connectivity index (χ3n) is 4.01. The molecule has 2 aromatic carbocycles. The Hall–Kier alpha value is -2.89. The van der Waals surface area contributed by atoms with Crippen LogP contribution in [0.2, 0.25) is 0 Å². The van der Waals surface area contributed by atoms with Crippen LogP contribution in [-0.2, 0) is 17.6 Å². The molecule has 6 heteroatoms. The first kappa shape index (κ1) is 23.1. The second-order valence-corrected chi connectivity index (χ2v) is 5.62. The number of nitrogens with one attached hydrogen (secondary N) is 1.